The molecule has 0 aliphatic carbocycles. The van der Waals surface area contributed by atoms with Crippen LogP contribution in [0.4, 0.5) is 5.69 Å². The van der Waals surface area contributed by atoms with Crippen LogP contribution in [0, 0.1) is 0 Å². The van der Waals surface area contributed by atoms with E-state index in [0.717, 1.165) is 0 Å². The van der Waals surface area contributed by atoms with Crippen molar-refractivity contribution in [2.45, 2.75) is 33.2 Å². The third-order valence-electron chi connectivity index (χ3n) is 2.22. The monoisotopic (exact) mass is 251 g/mol. The minimum atomic E-state index is -0.0193. The van der Waals surface area contributed by atoms with Crippen LogP contribution in [0.15, 0.2) is 18.3 Å². The molecule has 0 saturated carbocycles. The molecule has 1 aromatic rings. The molecule has 5 nitrogen and oxygen atoms in total. The maximum atomic E-state index is 11.6. The fraction of sp³-hybridized carbons (Fsp3) is 0.538. The standard InChI is InChI=1S/C13H21N3O2/c1-4-18-13-6-5-11(9-15-13)16-12(17)7-8-14-10(2)3/h5-6,9-10,14H,4,7-8H2,1-3H3,(H,16,17). The van der Waals surface area contributed by atoms with E-state index in [2.05, 4.69) is 15.6 Å². The topological polar surface area (TPSA) is 63.2 Å². The number of aromatic nitrogens is 1. The van der Waals surface area contributed by atoms with Crippen LogP contribution >= 0.6 is 0 Å². The molecule has 0 spiro atoms. The van der Waals surface area contributed by atoms with Gasteiger partial charge in [-0.3, -0.25) is 4.79 Å². The van der Waals surface area contributed by atoms with Gasteiger partial charge in [0.2, 0.25) is 11.8 Å². The van der Waals surface area contributed by atoms with Crippen LogP contribution in [-0.4, -0.2) is 30.1 Å². The summed E-state index contributed by atoms with van der Waals surface area (Å²) in [6.07, 6.45) is 2.05. The van der Waals surface area contributed by atoms with Crippen molar-refractivity contribution in [1.29, 1.82) is 0 Å². The van der Waals surface area contributed by atoms with Gasteiger partial charge in [0.1, 0.15) is 0 Å². The number of nitrogens with zero attached hydrogens (tertiary/aromatic N) is 1. The van der Waals surface area contributed by atoms with E-state index in [1.807, 2.05) is 20.8 Å². The van der Waals surface area contributed by atoms with Crippen LogP contribution in [0.1, 0.15) is 27.2 Å². The highest BCUT2D eigenvalue weighted by molar-refractivity contribution is 5.90. The predicted molar refractivity (Wildman–Crippen MR) is 71.8 cm³/mol. The Morgan fingerprint density at radius 1 is 1.44 bits per heavy atom. The molecule has 0 unspecified atom stereocenters. The van der Waals surface area contributed by atoms with Gasteiger partial charge in [-0.25, -0.2) is 4.98 Å². The Morgan fingerprint density at radius 3 is 2.78 bits per heavy atom. The van der Waals surface area contributed by atoms with Crippen molar-refractivity contribution in [3.05, 3.63) is 18.3 Å². The average Bonchev–Trinajstić information content (AvgIpc) is 2.31. The van der Waals surface area contributed by atoms with E-state index in [-0.39, 0.29) is 5.91 Å². The number of rotatable bonds is 7. The van der Waals surface area contributed by atoms with Gasteiger partial charge in [-0.05, 0) is 13.0 Å². The fourth-order valence-electron chi connectivity index (χ4n) is 1.39. The molecule has 1 rings (SSSR count). The molecule has 1 amide bonds. The molecule has 100 valence electrons. The molecular formula is C13H21N3O2. The van der Waals surface area contributed by atoms with Gasteiger partial charge >= 0.3 is 0 Å². The minimum Gasteiger partial charge on any atom is -0.478 e. The van der Waals surface area contributed by atoms with Gasteiger partial charge in [0.05, 0.1) is 18.5 Å². The molecule has 0 bridgehead atoms. The van der Waals surface area contributed by atoms with Crippen molar-refractivity contribution in [2.24, 2.45) is 0 Å². The number of carbonyl (C=O) groups excluding carboxylic acids is 1. The van der Waals surface area contributed by atoms with Crippen molar-refractivity contribution in [3.8, 4) is 5.88 Å². The van der Waals surface area contributed by atoms with Crippen molar-refractivity contribution in [2.75, 3.05) is 18.5 Å². The van der Waals surface area contributed by atoms with Crippen LogP contribution in [0.5, 0.6) is 5.88 Å². The Morgan fingerprint density at radius 2 is 2.22 bits per heavy atom. The van der Waals surface area contributed by atoms with Gasteiger partial charge in [-0.15, -0.1) is 0 Å². The summed E-state index contributed by atoms with van der Waals surface area (Å²) >= 11 is 0. The zero-order valence-corrected chi connectivity index (χ0v) is 11.2. The molecule has 0 radical (unpaired) electrons. The van der Waals surface area contributed by atoms with Crippen molar-refractivity contribution < 1.29 is 9.53 Å². The Bertz CT molecular complexity index is 363. The van der Waals surface area contributed by atoms with E-state index in [1.54, 1.807) is 18.3 Å². The zero-order valence-electron chi connectivity index (χ0n) is 11.2. The molecule has 2 N–H and O–H groups in total. The lowest BCUT2D eigenvalue weighted by atomic mass is 10.3. The van der Waals surface area contributed by atoms with Crippen LogP contribution in [0.2, 0.25) is 0 Å². The highest BCUT2D eigenvalue weighted by Crippen LogP contribution is 2.11. The second kappa shape index (κ2) is 7.66. The Labute approximate surface area is 108 Å². The molecule has 0 fully saturated rings. The summed E-state index contributed by atoms with van der Waals surface area (Å²) < 4.78 is 5.22. The number of nitrogens with one attached hydrogen (secondary N) is 2. The molecule has 0 saturated heterocycles. The normalized spacial score (nSPS) is 10.4. The van der Waals surface area contributed by atoms with E-state index in [4.69, 9.17) is 4.74 Å². The number of pyridine rings is 1. The average molecular weight is 251 g/mol. The second-order valence-corrected chi connectivity index (χ2v) is 4.23. The van der Waals surface area contributed by atoms with Gasteiger partial charge in [0.15, 0.2) is 0 Å². The molecule has 0 atom stereocenters. The SMILES string of the molecule is CCOc1ccc(NC(=O)CCNC(C)C)cn1. The maximum Gasteiger partial charge on any atom is 0.225 e. The third-order valence-corrected chi connectivity index (χ3v) is 2.22. The highest BCUT2D eigenvalue weighted by Gasteiger charge is 2.03. The summed E-state index contributed by atoms with van der Waals surface area (Å²) in [5.41, 5.74) is 0.688. The van der Waals surface area contributed by atoms with Gasteiger partial charge in [-0.2, -0.15) is 0 Å². The van der Waals surface area contributed by atoms with Gasteiger partial charge < -0.3 is 15.4 Å². The molecule has 0 aliphatic rings. The summed E-state index contributed by atoms with van der Waals surface area (Å²) in [6.45, 7) is 7.26. The largest absolute Gasteiger partial charge is 0.478 e. The summed E-state index contributed by atoms with van der Waals surface area (Å²) in [4.78, 5) is 15.7. The summed E-state index contributed by atoms with van der Waals surface area (Å²) in [5.74, 6) is 0.547. The number of anilines is 1. The van der Waals surface area contributed by atoms with Gasteiger partial charge in [0, 0.05) is 25.1 Å². The first kappa shape index (κ1) is 14.4. The molecule has 5 heteroatoms. The Kier molecular flexibility index (Phi) is 6.14. The lowest BCUT2D eigenvalue weighted by Gasteiger charge is -2.08. The van der Waals surface area contributed by atoms with E-state index < -0.39 is 0 Å². The molecule has 1 aromatic heterocycles. The van der Waals surface area contributed by atoms with E-state index in [0.29, 0.717) is 37.2 Å². The van der Waals surface area contributed by atoms with E-state index in [1.165, 1.54) is 0 Å². The van der Waals surface area contributed by atoms with Crippen molar-refractivity contribution >= 4 is 11.6 Å². The minimum absolute atomic E-state index is 0.0193. The lowest BCUT2D eigenvalue weighted by molar-refractivity contribution is -0.116. The molecule has 0 aromatic carbocycles. The van der Waals surface area contributed by atoms with Crippen LogP contribution < -0.4 is 15.4 Å². The van der Waals surface area contributed by atoms with E-state index in [9.17, 15) is 4.79 Å². The van der Waals surface area contributed by atoms with Crippen molar-refractivity contribution in [3.63, 3.8) is 0 Å². The maximum absolute atomic E-state index is 11.6. The second-order valence-electron chi connectivity index (χ2n) is 4.23. The van der Waals surface area contributed by atoms with Crippen LogP contribution in [0.25, 0.3) is 0 Å². The molecule has 18 heavy (non-hydrogen) atoms. The molecular weight excluding hydrogens is 230 g/mol. The Balaban J connectivity index is 2.35. The lowest BCUT2D eigenvalue weighted by Crippen LogP contribution is -2.27. The van der Waals surface area contributed by atoms with E-state index >= 15 is 0 Å². The summed E-state index contributed by atoms with van der Waals surface area (Å²) in [5, 5.41) is 5.98. The third kappa shape index (κ3) is 5.63. The number of ether oxygens (including phenoxy) is 1. The first-order valence-corrected chi connectivity index (χ1v) is 6.24. The van der Waals surface area contributed by atoms with Gasteiger partial charge in [0.25, 0.3) is 0 Å². The molecule has 1 heterocycles. The first-order valence-electron chi connectivity index (χ1n) is 6.24. The predicted octanol–water partition coefficient (Wildman–Crippen LogP) is 1.81. The number of hydrogen-bond donors (Lipinski definition) is 2. The quantitative estimate of drug-likeness (QED) is 0.775. The van der Waals surface area contributed by atoms with Gasteiger partial charge in [-0.1, -0.05) is 13.8 Å². The Hall–Kier alpha value is -1.62. The first-order chi connectivity index (χ1) is 8.61. The smallest absolute Gasteiger partial charge is 0.225 e. The number of amides is 1. The summed E-state index contributed by atoms with van der Waals surface area (Å²) in [7, 11) is 0. The highest BCUT2D eigenvalue weighted by atomic mass is 16.5. The molecule has 0 aliphatic heterocycles. The number of hydrogen-bond acceptors (Lipinski definition) is 4. The van der Waals surface area contributed by atoms with Crippen LogP contribution in [0.3, 0.4) is 0 Å². The fourth-order valence-corrected chi connectivity index (χ4v) is 1.39. The van der Waals surface area contributed by atoms with Crippen LogP contribution in [-0.2, 0) is 4.79 Å². The van der Waals surface area contributed by atoms with Crippen molar-refractivity contribution in [1.82, 2.24) is 10.3 Å². The zero-order chi connectivity index (χ0) is 13.4. The number of carbonyl (C=O) groups is 1. The summed E-state index contributed by atoms with van der Waals surface area (Å²) in [6, 6.07) is 3.92.